The molecule has 0 fully saturated rings. The van der Waals surface area contributed by atoms with Crippen molar-refractivity contribution in [2.45, 2.75) is 25.6 Å². The van der Waals surface area contributed by atoms with Crippen LogP contribution < -0.4 is 5.73 Å². The molecule has 78 valence electrons. The van der Waals surface area contributed by atoms with E-state index in [1.54, 1.807) is 19.1 Å². The van der Waals surface area contributed by atoms with Crippen molar-refractivity contribution in [2.75, 3.05) is 0 Å². The van der Waals surface area contributed by atoms with Gasteiger partial charge < -0.3 is 5.73 Å². The first-order chi connectivity index (χ1) is 6.52. The van der Waals surface area contributed by atoms with Gasteiger partial charge in [0.25, 0.3) is 6.43 Å². The molecule has 1 aromatic rings. The highest BCUT2D eigenvalue weighted by atomic mass is 19.3. The van der Waals surface area contributed by atoms with Gasteiger partial charge in [0, 0.05) is 6.04 Å². The number of hydrogen-bond donors (Lipinski definition) is 1. The standard InChI is InChI=1S/C10H12F3N/c1-6(14)7-2-4-8(5-3-7)9(11)10(12)13/h2-6,9-10H,14H2,1H3/t6-,9?/m0/s1. The first-order valence-electron chi connectivity index (χ1n) is 4.30. The predicted molar refractivity (Wildman–Crippen MR) is 48.9 cm³/mol. The topological polar surface area (TPSA) is 26.0 Å². The van der Waals surface area contributed by atoms with Crippen LogP contribution in [-0.2, 0) is 0 Å². The lowest BCUT2D eigenvalue weighted by Gasteiger charge is -2.09. The van der Waals surface area contributed by atoms with E-state index in [1.807, 2.05) is 0 Å². The van der Waals surface area contributed by atoms with E-state index in [2.05, 4.69) is 0 Å². The van der Waals surface area contributed by atoms with Crippen molar-refractivity contribution in [3.8, 4) is 0 Å². The second-order valence-electron chi connectivity index (χ2n) is 3.19. The second-order valence-corrected chi connectivity index (χ2v) is 3.19. The molecule has 2 atom stereocenters. The molecule has 0 aliphatic carbocycles. The molecule has 4 heteroatoms. The summed E-state index contributed by atoms with van der Waals surface area (Å²) in [7, 11) is 0. The van der Waals surface area contributed by atoms with Crippen LogP contribution in [0, 0.1) is 0 Å². The fourth-order valence-corrected chi connectivity index (χ4v) is 1.13. The van der Waals surface area contributed by atoms with Gasteiger partial charge in [0.05, 0.1) is 0 Å². The average molecular weight is 203 g/mol. The highest BCUT2D eigenvalue weighted by Crippen LogP contribution is 2.25. The Bertz CT molecular complexity index is 282. The lowest BCUT2D eigenvalue weighted by molar-refractivity contribution is 0.0495. The van der Waals surface area contributed by atoms with Gasteiger partial charge in [-0.2, -0.15) is 0 Å². The molecule has 1 aromatic carbocycles. The van der Waals surface area contributed by atoms with Crippen LogP contribution in [0.2, 0.25) is 0 Å². The molecule has 1 unspecified atom stereocenters. The number of benzene rings is 1. The zero-order chi connectivity index (χ0) is 10.7. The average Bonchev–Trinajstić information content (AvgIpc) is 2.16. The van der Waals surface area contributed by atoms with Crippen LogP contribution in [0.1, 0.15) is 30.3 Å². The minimum atomic E-state index is -2.98. The molecule has 0 aliphatic heterocycles. The summed E-state index contributed by atoms with van der Waals surface area (Å²) in [5, 5.41) is 0. The van der Waals surface area contributed by atoms with Crippen molar-refractivity contribution in [3.05, 3.63) is 35.4 Å². The summed E-state index contributed by atoms with van der Waals surface area (Å²) >= 11 is 0. The van der Waals surface area contributed by atoms with Crippen molar-refractivity contribution in [1.82, 2.24) is 0 Å². The van der Waals surface area contributed by atoms with E-state index in [0.717, 1.165) is 5.56 Å². The zero-order valence-electron chi connectivity index (χ0n) is 7.75. The molecule has 0 radical (unpaired) electrons. The van der Waals surface area contributed by atoms with Gasteiger partial charge in [0.2, 0.25) is 0 Å². The molecule has 14 heavy (non-hydrogen) atoms. The Morgan fingerprint density at radius 1 is 1.00 bits per heavy atom. The van der Waals surface area contributed by atoms with E-state index in [1.165, 1.54) is 12.1 Å². The van der Waals surface area contributed by atoms with Crippen molar-refractivity contribution in [1.29, 1.82) is 0 Å². The Hall–Kier alpha value is -1.03. The van der Waals surface area contributed by atoms with Crippen molar-refractivity contribution in [3.63, 3.8) is 0 Å². The fourth-order valence-electron chi connectivity index (χ4n) is 1.13. The number of nitrogens with two attached hydrogens (primary N) is 1. The SMILES string of the molecule is C[C@H](N)c1ccc(C(F)C(F)F)cc1. The third kappa shape index (κ3) is 2.48. The maximum atomic E-state index is 12.8. The normalized spacial score (nSPS) is 15.6. The van der Waals surface area contributed by atoms with Gasteiger partial charge in [0.1, 0.15) is 0 Å². The summed E-state index contributed by atoms with van der Waals surface area (Å²) in [6.45, 7) is 1.77. The minimum absolute atomic E-state index is 0.00981. The molecule has 1 rings (SSSR count). The van der Waals surface area contributed by atoms with Crippen LogP contribution in [0.4, 0.5) is 13.2 Å². The highest BCUT2D eigenvalue weighted by Gasteiger charge is 2.20. The van der Waals surface area contributed by atoms with Gasteiger partial charge in [-0.3, -0.25) is 0 Å². The summed E-state index contributed by atoms with van der Waals surface area (Å²) < 4.78 is 36.8. The molecule has 0 bridgehead atoms. The third-order valence-corrected chi connectivity index (χ3v) is 2.00. The van der Waals surface area contributed by atoms with Crippen LogP contribution >= 0.6 is 0 Å². The maximum Gasteiger partial charge on any atom is 0.273 e. The molecule has 0 saturated heterocycles. The van der Waals surface area contributed by atoms with E-state index in [0.29, 0.717) is 0 Å². The summed E-state index contributed by atoms with van der Waals surface area (Å²) in [5.41, 5.74) is 6.35. The van der Waals surface area contributed by atoms with Crippen molar-refractivity contribution >= 4 is 0 Å². The first-order valence-corrected chi connectivity index (χ1v) is 4.30. The van der Waals surface area contributed by atoms with Gasteiger partial charge in [-0.25, -0.2) is 13.2 Å². The molecule has 0 spiro atoms. The highest BCUT2D eigenvalue weighted by molar-refractivity contribution is 5.26. The van der Waals surface area contributed by atoms with Gasteiger partial charge in [-0.1, -0.05) is 24.3 Å². The van der Waals surface area contributed by atoms with Crippen LogP contribution in [0.3, 0.4) is 0 Å². The number of alkyl halides is 3. The molecule has 0 saturated carbocycles. The van der Waals surface area contributed by atoms with E-state index in [-0.39, 0.29) is 11.6 Å². The Balaban J connectivity index is 2.83. The molecule has 0 heterocycles. The molecule has 0 aromatic heterocycles. The summed E-state index contributed by atoms with van der Waals surface area (Å²) in [6.07, 6.45) is -5.19. The van der Waals surface area contributed by atoms with Gasteiger partial charge in [-0.05, 0) is 18.1 Å². The van der Waals surface area contributed by atoms with Crippen molar-refractivity contribution < 1.29 is 13.2 Å². The van der Waals surface area contributed by atoms with Gasteiger partial charge >= 0.3 is 0 Å². The van der Waals surface area contributed by atoms with Crippen molar-refractivity contribution in [2.24, 2.45) is 5.73 Å². The van der Waals surface area contributed by atoms with E-state index in [4.69, 9.17) is 5.73 Å². The smallest absolute Gasteiger partial charge is 0.273 e. The Morgan fingerprint density at radius 3 is 1.79 bits per heavy atom. The lowest BCUT2D eigenvalue weighted by atomic mass is 10.0. The quantitative estimate of drug-likeness (QED) is 0.802. The lowest BCUT2D eigenvalue weighted by Crippen LogP contribution is -2.06. The molecular weight excluding hydrogens is 191 g/mol. The van der Waals surface area contributed by atoms with E-state index >= 15 is 0 Å². The van der Waals surface area contributed by atoms with E-state index < -0.39 is 12.6 Å². The Labute approximate surface area is 80.7 Å². The molecule has 1 nitrogen and oxygen atoms in total. The largest absolute Gasteiger partial charge is 0.324 e. The maximum absolute atomic E-state index is 12.8. The molecule has 0 aliphatic rings. The van der Waals surface area contributed by atoms with Gasteiger partial charge in [-0.15, -0.1) is 0 Å². The summed E-state index contributed by atoms with van der Waals surface area (Å²) in [6, 6.07) is 5.64. The number of hydrogen-bond acceptors (Lipinski definition) is 1. The monoisotopic (exact) mass is 203 g/mol. The van der Waals surface area contributed by atoms with Crippen LogP contribution in [0.15, 0.2) is 24.3 Å². The van der Waals surface area contributed by atoms with Crippen LogP contribution in [0.25, 0.3) is 0 Å². The zero-order valence-corrected chi connectivity index (χ0v) is 7.75. The summed E-state index contributed by atoms with van der Waals surface area (Å²) in [4.78, 5) is 0. The minimum Gasteiger partial charge on any atom is -0.324 e. The third-order valence-electron chi connectivity index (χ3n) is 2.00. The number of rotatable bonds is 3. The van der Waals surface area contributed by atoms with Crippen LogP contribution in [-0.4, -0.2) is 6.43 Å². The number of halogens is 3. The molecular formula is C10H12F3N. The molecule has 2 N–H and O–H groups in total. The summed E-state index contributed by atoms with van der Waals surface area (Å²) in [5.74, 6) is 0. The predicted octanol–water partition coefficient (Wildman–Crippen LogP) is 2.98. The fraction of sp³-hybridized carbons (Fsp3) is 0.400. The Morgan fingerprint density at radius 2 is 1.43 bits per heavy atom. The molecule has 0 amide bonds. The van der Waals surface area contributed by atoms with Crippen LogP contribution in [0.5, 0.6) is 0 Å². The second kappa shape index (κ2) is 4.46. The first kappa shape index (κ1) is 11.0. The van der Waals surface area contributed by atoms with Gasteiger partial charge in [0.15, 0.2) is 6.17 Å². The van der Waals surface area contributed by atoms with E-state index in [9.17, 15) is 13.2 Å². The Kier molecular flexibility index (Phi) is 3.52.